The molecule has 2 heterocycles. The van der Waals surface area contributed by atoms with Crippen molar-refractivity contribution in [2.75, 3.05) is 0 Å². The predicted molar refractivity (Wildman–Crippen MR) is 133 cm³/mol. The molecule has 1 heteroatoms. The molecule has 0 N–H and O–H groups in total. The number of hydrogen-bond donors (Lipinski definition) is 0. The molecule has 0 fully saturated rings. The van der Waals surface area contributed by atoms with E-state index in [0.717, 1.165) is 25.7 Å². The summed E-state index contributed by atoms with van der Waals surface area (Å²) >= 11 is 0. The average Bonchev–Trinajstić information content (AvgIpc) is 2.96. The van der Waals surface area contributed by atoms with Crippen molar-refractivity contribution in [2.45, 2.75) is 71.3 Å². The van der Waals surface area contributed by atoms with Crippen LogP contribution in [0.5, 0.6) is 0 Å². The smallest absolute Gasteiger partial charge is 0.192 e. The summed E-state index contributed by atoms with van der Waals surface area (Å²) in [6, 6.07) is 23.1. The first-order valence-electron chi connectivity index (χ1n) is 12.2. The lowest BCUT2D eigenvalue weighted by Gasteiger charge is -2.26. The largest absolute Gasteiger partial charge is 0.221 e. The second-order valence-electron chi connectivity index (χ2n) is 9.30. The summed E-state index contributed by atoms with van der Waals surface area (Å²) in [5.41, 5.74) is 6.03. The zero-order chi connectivity index (χ0) is 21.4. The number of pyridine rings is 1. The minimum absolute atomic E-state index is 0.175. The molecule has 4 aromatic rings. The minimum Gasteiger partial charge on any atom is -0.192 e. The third-order valence-electron chi connectivity index (χ3n) is 7.80. The normalized spacial score (nSPS) is 14.9. The molecular weight excluding hydrogens is 374 g/mol. The lowest BCUT2D eigenvalue weighted by Crippen LogP contribution is -2.56. The molecule has 0 radical (unpaired) electrons. The second-order valence-corrected chi connectivity index (χ2v) is 9.30. The van der Waals surface area contributed by atoms with Gasteiger partial charge in [-0.1, -0.05) is 69.7 Å². The maximum Gasteiger partial charge on any atom is 0.221 e. The van der Waals surface area contributed by atoms with Crippen LogP contribution in [0.2, 0.25) is 0 Å². The summed E-state index contributed by atoms with van der Waals surface area (Å²) < 4.78 is 2.65. The molecule has 158 valence electrons. The van der Waals surface area contributed by atoms with Gasteiger partial charge < -0.3 is 0 Å². The number of rotatable bonds is 5. The third-order valence-corrected chi connectivity index (χ3v) is 7.80. The molecule has 0 atom stereocenters. The average molecular weight is 409 g/mol. The van der Waals surface area contributed by atoms with Gasteiger partial charge in [0.2, 0.25) is 5.69 Å². The molecule has 5 rings (SSSR count). The van der Waals surface area contributed by atoms with Gasteiger partial charge in [0.25, 0.3) is 0 Å². The first-order valence-corrected chi connectivity index (χ1v) is 12.2. The summed E-state index contributed by atoms with van der Waals surface area (Å²) in [6.45, 7) is 7.02. The second kappa shape index (κ2) is 8.11. The van der Waals surface area contributed by atoms with Crippen LogP contribution < -0.4 is 4.57 Å². The fourth-order valence-electron chi connectivity index (χ4n) is 5.77. The van der Waals surface area contributed by atoms with Gasteiger partial charge in [0.05, 0.1) is 10.9 Å². The number of unbranched alkanes of at least 4 members (excludes halogenated alkanes) is 1. The Labute approximate surface area is 186 Å². The van der Waals surface area contributed by atoms with Crippen LogP contribution in [0, 0.1) is 0 Å². The SMILES string of the molecule is CCCCc1cccc2c3[n+](ccc12)C(CC)(CC)CCc1cc2ccccc2cc1-3. The van der Waals surface area contributed by atoms with Crippen LogP contribution in [-0.4, -0.2) is 0 Å². The summed E-state index contributed by atoms with van der Waals surface area (Å²) in [5.74, 6) is 0. The molecule has 0 bridgehead atoms. The highest BCUT2D eigenvalue weighted by molar-refractivity contribution is 5.98. The van der Waals surface area contributed by atoms with Gasteiger partial charge in [-0.2, -0.15) is 4.57 Å². The van der Waals surface area contributed by atoms with Crippen molar-refractivity contribution < 1.29 is 4.57 Å². The van der Waals surface area contributed by atoms with Crippen LogP contribution in [0.15, 0.2) is 66.9 Å². The van der Waals surface area contributed by atoms with Crippen LogP contribution in [0.25, 0.3) is 32.8 Å². The van der Waals surface area contributed by atoms with Crippen molar-refractivity contribution >= 4 is 21.5 Å². The Kier molecular flexibility index (Phi) is 5.30. The molecule has 1 aliphatic rings. The van der Waals surface area contributed by atoms with Crippen molar-refractivity contribution in [1.82, 2.24) is 0 Å². The highest BCUT2D eigenvalue weighted by Gasteiger charge is 2.42. The molecule has 1 aromatic heterocycles. The zero-order valence-electron chi connectivity index (χ0n) is 19.2. The first-order chi connectivity index (χ1) is 15.2. The summed E-state index contributed by atoms with van der Waals surface area (Å²) in [5, 5.41) is 5.55. The van der Waals surface area contributed by atoms with Crippen molar-refractivity contribution in [2.24, 2.45) is 0 Å². The van der Waals surface area contributed by atoms with Gasteiger partial charge in [0, 0.05) is 25.3 Å². The van der Waals surface area contributed by atoms with E-state index in [1.807, 2.05) is 0 Å². The lowest BCUT2D eigenvalue weighted by molar-refractivity contribution is -0.756. The Morgan fingerprint density at radius 1 is 0.839 bits per heavy atom. The van der Waals surface area contributed by atoms with E-state index < -0.39 is 0 Å². The van der Waals surface area contributed by atoms with Crippen LogP contribution in [0.4, 0.5) is 0 Å². The van der Waals surface area contributed by atoms with Gasteiger partial charge >= 0.3 is 0 Å². The van der Waals surface area contributed by atoms with Crippen molar-refractivity contribution in [1.29, 1.82) is 0 Å². The zero-order valence-corrected chi connectivity index (χ0v) is 19.2. The van der Waals surface area contributed by atoms with Gasteiger partial charge in [-0.15, -0.1) is 0 Å². The minimum atomic E-state index is 0.175. The third kappa shape index (κ3) is 3.26. The molecule has 0 aliphatic carbocycles. The van der Waals surface area contributed by atoms with E-state index >= 15 is 0 Å². The predicted octanol–water partition coefficient (Wildman–Crippen LogP) is 7.75. The summed E-state index contributed by atoms with van der Waals surface area (Å²) in [7, 11) is 0. The van der Waals surface area contributed by atoms with Crippen molar-refractivity contribution in [3.8, 4) is 11.3 Å². The van der Waals surface area contributed by atoms with Crippen molar-refractivity contribution in [3.05, 3.63) is 78.0 Å². The topological polar surface area (TPSA) is 3.88 Å². The fourth-order valence-corrected chi connectivity index (χ4v) is 5.77. The molecule has 0 spiro atoms. The summed E-state index contributed by atoms with van der Waals surface area (Å²) in [4.78, 5) is 0. The molecule has 31 heavy (non-hydrogen) atoms. The quantitative estimate of drug-likeness (QED) is 0.297. The molecule has 0 saturated heterocycles. The maximum absolute atomic E-state index is 2.65. The molecule has 0 saturated carbocycles. The van der Waals surface area contributed by atoms with Gasteiger partial charge in [-0.3, -0.25) is 0 Å². The number of aryl methyl sites for hydroxylation is 2. The van der Waals surface area contributed by atoms with Gasteiger partial charge in [0.15, 0.2) is 11.7 Å². The number of benzene rings is 3. The van der Waals surface area contributed by atoms with Gasteiger partial charge in [-0.25, -0.2) is 0 Å². The first kappa shape index (κ1) is 20.2. The fraction of sp³-hybridized carbons (Fsp3) is 0.367. The Bertz CT molecular complexity index is 1250. The standard InChI is InChI=1S/C30H34N/c1-4-7-11-22-14-10-15-27-26(22)17-19-31-29(27)28-21-24-13-9-8-12-23(24)20-25(28)16-18-30(31,5-2)6-3/h8-10,12-15,17,19-21H,4-7,11,16,18H2,1-3H3/q+1. The highest BCUT2D eigenvalue weighted by atomic mass is 15.1. The number of nitrogens with zero attached hydrogens (tertiary/aromatic N) is 1. The number of aromatic nitrogens is 1. The van der Waals surface area contributed by atoms with E-state index in [4.69, 9.17) is 0 Å². The number of fused-ring (bicyclic) bond motifs is 6. The Morgan fingerprint density at radius 3 is 2.35 bits per heavy atom. The van der Waals surface area contributed by atoms with Gasteiger partial charge in [0.1, 0.15) is 0 Å². The van der Waals surface area contributed by atoms with Crippen LogP contribution in [0.1, 0.15) is 64.0 Å². The summed E-state index contributed by atoms with van der Waals surface area (Å²) in [6.07, 6.45) is 10.7. The monoisotopic (exact) mass is 408 g/mol. The molecule has 3 aromatic carbocycles. The van der Waals surface area contributed by atoms with E-state index in [-0.39, 0.29) is 5.54 Å². The van der Waals surface area contributed by atoms with E-state index in [2.05, 4.69) is 92.2 Å². The Hall–Kier alpha value is -2.67. The molecule has 1 nitrogen and oxygen atoms in total. The van der Waals surface area contributed by atoms with E-state index in [1.165, 1.54) is 63.2 Å². The molecular formula is C30H34N+. The van der Waals surface area contributed by atoms with Crippen LogP contribution in [0.3, 0.4) is 0 Å². The maximum atomic E-state index is 2.65. The van der Waals surface area contributed by atoms with Crippen LogP contribution in [-0.2, 0) is 18.4 Å². The molecule has 1 aliphatic heterocycles. The lowest BCUT2D eigenvalue weighted by atomic mass is 9.86. The highest BCUT2D eigenvalue weighted by Crippen LogP contribution is 2.40. The molecule has 0 amide bonds. The van der Waals surface area contributed by atoms with E-state index in [0.29, 0.717) is 0 Å². The van der Waals surface area contributed by atoms with Crippen molar-refractivity contribution in [3.63, 3.8) is 0 Å². The Balaban J connectivity index is 1.87. The molecule has 0 unspecified atom stereocenters. The van der Waals surface area contributed by atoms with E-state index in [1.54, 1.807) is 0 Å². The Morgan fingerprint density at radius 2 is 1.61 bits per heavy atom. The number of hydrogen-bond acceptors (Lipinski definition) is 0. The van der Waals surface area contributed by atoms with Gasteiger partial charge in [-0.05, 0) is 58.7 Å². The van der Waals surface area contributed by atoms with Crippen LogP contribution >= 0.6 is 0 Å². The van der Waals surface area contributed by atoms with E-state index in [9.17, 15) is 0 Å².